The highest BCUT2D eigenvalue weighted by atomic mass is 32.2. The lowest BCUT2D eigenvalue weighted by Crippen LogP contribution is -2.34. The third kappa shape index (κ3) is 8.60. The quantitative estimate of drug-likeness (QED) is 0.688. The van der Waals surface area contributed by atoms with Gasteiger partial charge in [-0.1, -0.05) is 13.8 Å². The minimum Gasteiger partial charge on any atom is -0.377 e. The van der Waals surface area contributed by atoms with Gasteiger partial charge in [0.05, 0.1) is 12.7 Å². The number of thioether (sulfide) groups is 1. The van der Waals surface area contributed by atoms with Crippen LogP contribution < -0.4 is 5.32 Å². The molecule has 0 spiro atoms. The summed E-state index contributed by atoms with van der Waals surface area (Å²) in [6, 6.07) is 0.481. The van der Waals surface area contributed by atoms with E-state index in [0.29, 0.717) is 17.4 Å². The fourth-order valence-electron chi connectivity index (χ4n) is 0.832. The van der Waals surface area contributed by atoms with Crippen LogP contribution in [-0.2, 0) is 4.74 Å². The maximum Gasteiger partial charge on any atom is 0.0631 e. The standard InChI is InChI=1S/C10H23NOS/c1-8(2)12-6-10(11-5)7-13-9(3)4/h8-11H,6-7H2,1-5H3. The Morgan fingerprint density at radius 2 is 1.85 bits per heavy atom. The average molecular weight is 205 g/mol. The van der Waals surface area contributed by atoms with Gasteiger partial charge in [0.2, 0.25) is 0 Å². The monoisotopic (exact) mass is 205 g/mol. The molecule has 0 aliphatic heterocycles. The summed E-state index contributed by atoms with van der Waals surface area (Å²) in [6.45, 7) is 9.40. The van der Waals surface area contributed by atoms with Crippen LogP contribution in [0.1, 0.15) is 27.7 Å². The molecule has 0 saturated carbocycles. The molecule has 0 aromatic heterocycles. The molecule has 80 valence electrons. The topological polar surface area (TPSA) is 21.3 Å². The second-order valence-corrected chi connectivity index (χ2v) is 5.36. The Balaban J connectivity index is 3.51. The Morgan fingerprint density at radius 1 is 1.23 bits per heavy atom. The van der Waals surface area contributed by atoms with Crippen LogP contribution in [0.3, 0.4) is 0 Å². The molecule has 0 amide bonds. The first kappa shape index (κ1) is 13.3. The lowest BCUT2D eigenvalue weighted by molar-refractivity contribution is 0.0668. The fraction of sp³-hybridized carbons (Fsp3) is 1.00. The Hall–Kier alpha value is 0.270. The van der Waals surface area contributed by atoms with Crippen LogP contribution in [-0.4, -0.2) is 36.8 Å². The first-order valence-electron chi connectivity index (χ1n) is 4.96. The van der Waals surface area contributed by atoms with E-state index in [1.165, 1.54) is 0 Å². The largest absolute Gasteiger partial charge is 0.377 e. The SMILES string of the molecule is CNC(COC(C)C)CSC(C)C. The maximum atomic E-state index is 5.55. The minimum atomic E-state index is 0.333. The Kier molecular flexibility index (Phi) is 7.81. The van der Waals surface area contributed by atoms with Gasteiger partial charge in [0.15, 0.2) is 0 Å². The third-order valence-electron chi connectivity index (χ3n) is 1.67. The summed E-state index contributed by atoms with van der Waals surface area (Å²) in [5.41, 5.74) is 0. The van der Waals surface area contributed by atoms with Gasteiger partial charge in [-0.15, -0.1) is 0 Å². The summed E-state index contributed by atoms with van der Waals surface area (Å²) in [7, 11) is 2.00. The molecule has 0 aliphatic rings. The number of likely N-dealkylation sites (N-methyl/N-ethyl adjacent to an activating group) is 1. The van der Waals surface area contributed by atoms with Crippen molar-refractivity contribution < 1.29 is 4.74 Å². The molecule has 1 atom stereocenters. The van der Waals surface area contributed by atoms with E-state index in [1.54, 1.807) is 0 Å². The van der Waals surface area contributed by atoms with Crippen molar-refractivity contribution in [3.63, 3.8) is 0 Å². The minimum absolute atomic E-state index is 0.333. The van der Waals surface area contributed by atoms with Gasteiger partial charge in [-0.2, -0.15) is 11.8 Å². The van der Waals surface area contributed by atoms with Crippen molar-refractivity contribution >= 4 is 11.8 Å². The van der Waals surface area contributed by atoms with Gasteiger partial charge >= 0.3 is 0 Å². The number of hydrogen-bond acceptors (Lipinski definition) is 3. The molecule has 3 heteroatoms. The van der Waals surface area contributed by atoms with Gasteiger partial charge in [-0.3, -0.25) is 0 Å². The second-order valence-electron chi connectivity index (χ2n) is 3.75. The van der Waals surface area contributed by atoms with Crippen molar-refractivity contribution in [1.29, 1.82) is 0 Å². The predicted octanol–water partition coefficient (Wildman–Crippen LogP) is 2.14. The molecule has 1 unspecified atom stereocenters. The number of hydrogen-bond donors (Lipinski definition) is 1. The van der Waals surface area contributed by atoms with E-state index in [4.69, 9.17) is 4.74 Å². The maximum absolute atomic E-state index is 5.55. The summed E-state index contributed by atoms with van der Waals surface area (Å²) in [6.07, 6.45) is 0.333. The van der Waals surface area contributed by atoms with Gasteiger partial charge < -0.3 is 10.1 Å². The van der Waals surface area contributed by atoms with Gasteiger partial charge in [-0.25, -0.2) is 0 Å². The van der Waals surface area contributed by atoms with Crippen LogP contribution in [0.4, 0.5) is 0 Å². The van der Waals surface area contributed by atoms with Crippen LogP contribution in [0, 0.1) is 0 Å². The molecule has 0 aromatic rings. The number of ether oxygens (including phenoxy) is 1. The summed E-state index contributed by atoms with van der Waals surface area (Å²) in [4.78, 5) is 0. The molecule has 0 aromatic carbocycles. The van der Waals surface area contributed by atoms with Crippen LogP contribution >= 0.6 is 11.8 Å². The van der Waals surface area contributed by atoms with Crippen molar-refractivity contribution in [2.75, 3.05) is 19.4 Å². The Labute approximate surface area is 86.8 Å². The zero-order valence-electron chi connectivity index (χ0n) is 9.46. The number of rotatable bonds is 7. The lowest BCUT2D eigenvalue weighted by Gasteiger charge is -2.18. The van der Waals surface area contributed by atoms with E-state index in [-0.39, 0.29) is 0 Å². The average Bonchev–Trinajstić information content (AvgIpc) is 2.04. The van der Waals surface area contributed by atoms with Gasteiger partial charge in [0, 0.05) is 11.8 Å². The summed E-state index contributed by atoms with van der Waals surface area (Å²) in [5, 5.41) is 3.97. The number of nitrogens with one attached hydrogen (secondary N) is 1. The first-order valence-corrected chi connectivity index (χ1v) is 6.01. The zero-order chi connectivity index (χ0) is 10.3. The molecule has 2 nitrogen and oxygen atoms in total. The van der Waals surface area contributed by atoms with E-state index < -0.39 is 0 Å². The molecule has 0 fully saturated rings. The Bertz CT molecular complexity index is 105. The summed E-state index contributed by atoms with van der Waals surface area (Å²) in [5.74, 6) is 1.13. The molecule has 1 N–H and O–H groups in total. The smallest absolute Gasteiger partial charge is 0.0631 e. The highest BCUT2D eigenvalue weighted by molar-refractivity contribution is 7.99. The van der Waals surface area contributed by atoms with Crippen LogP contribution in [0.2, 0.25) is 0 Å². The van der Waals surface area contributed by atoms with Crippen LogP contribution in [0.15, 0.2) is 0 Å². The van der Waals surface area contributed by atoms with E-state index >= 15 is 0 Å². The van der Waals surface area contributed by atoms with Gasteiger partial charge in [0.1, 0.15) is 0 Å². The van der Waals surface area contributed by atoms with Crippen molar-refractivity contribution in [3.05, 3.63) is 0 Å². The third-order valence-corrected chi connectivity index (χ3v) is 2.93. The molecular weight excluding hydrogens is 182 g/mol. The molecule has 0 bridgehead atoms. The first-order chi connectivity index (χ1) is 6.06. The van der Waals surface area contributed by atoms with Crippen molar-refractivity contribution in [2.45, 2.75) is 45.1 Å². The van der Waals surface area contributed by atoms with Gasteiger partial charge in [0.25, 0.3) is 0 Å². The van der Waals surface area contributed by atoms with E-state index in [2.05, 4.69) is 33.0 Å². The zero-order valence-corrected chi connectivity index (χ0v) is 10.3. The normalized spacial score (nSPS) is 14.1. The van der Waals surface area contributed by atoms with Gasteiger partial charge in [-0.05, 0) is 26.1 Å². The van der Waals surface area contributed by atoms with Crippen molar-refractivity contribution in [3.8, 4) is 0 Å². The highest BCUT2D eigenvalue weighted by Gasteiger charge is 2.08. The summed E-state index contributed by atoms with van der Waals surface area (Å²) < 4.78 is 5.55. The lowest BCUT2D eigenvalue weighted by atomic mass is 10.3. The van der Waals surface area contributed by atoms with E-state index in [9.17, 15) is 0 Å². The fourth-order valence-corrected chi connectivity index (χ4v) is 1.71. The van der Waals surface area contributed by atoms with E-state index in [1.807, 2.05) is 18.8 Å². The van der Waals surface area contributed by atoms with Crippen LogP contribution in [0.5, 0.6) is 0 Å². The Morgan fingerprint density at radius 3 is 2.23 bits per heavy atom. The predicted molar refractivity (Wildman–Crippen MR) is 61.5 cm³/mol. The second kappa shape index (κ2) is 7.65. The van der Waals surface area contributed by atoms with Crippen molar-refractivity contribution in [1.82, 2.24) is 5.32 Å². The molecule has 0 saturated heterocycles. The molecule has 0 heterocycles. The van der Waals surface area contributed by atoms with Crippen molar-refractivity contribution in [2.24, 2.45) is 0 Å². The van der Waals surface area contributed by atoms with Crippen LogP contribution in [0.25, 0.3) is 0 Å². The molecule has 13 heavy (non-hydrogen) atoms. The van der Waals surface area contributed by atoms with E-state index in [0.717, 1.165) is 12.4 Å². The molecule has 0 aliphatic carbocycles. The molecular formula is C10H23NOS. The molecule has 0 rings (SSSR count). The highest BCUT2D eigenvalue weighted by Crippen LogP contribution is 2.10. The molecule has 0 radical (unpaired) electrons. The summed E-state index contributed by atoms with van der Waals surface area (Å²) >= 11 is 1.97.